The molecule has 0 aliphatic heterocycles. The molecule has 17 heavy (non-hydrogen) atoms. The maximum absolute atomic E-state index is 11.4. The van der Waals surface area contributed by atoms with Crippen molar-refractivity contribution in [1.82, 2.24) is 4.98 Å². The molecule has 0 amide bonds. The molecule has 0 spiro atoms. The van der Waals surface area contributed by atoms with Gasteiger partial charge in [-0.05, 0) is 17.7 Å². The maximum Gasteiger partial charge on any atom is 0.279 e. The molecule has 0 radical (unpaired) electrons. The molecule has 0 N–H and O–H groups in total. The van der Waals surface area contributed by atoms with Gasteiger partial charge in [0.25, 0.3) is 9.05 Å². The van der Waals surface area contributed by atoms with Crippen molar-refractivity contribution in [2.24, 2.45) is 0 Å². The third-order valence-corrected chi connectivity index (χ3v) is 3.56. The van der Waals surface area contributed by atoms with Crippen molar-refractivity contribution in [3.05, 3.63) is 47.6 Å². The molecule has 0 aliphatic rings. The summed E-state index contributed by atoms with van der Waals surface area (Å²) in [6, 6.07) is 12.1. The molecule has 6 heteroatoms. The molecular weight excluding hydrogens is 281 g/mol. The Kier molecular flexibility index (Phi) is 3.38. The minimum Gasteiger partial charge on any atom is -0.223 e. The Balaban J connectivity index is 2.71. The molecule has 0 saturated heterocycles. The van der Waals surface area contributed by atoms with Crippen LogP contribution in [0.1, 0.15) is 0 Å². The first kappa shape index (κ1) is 12.4. The lowest BCUT2D eigenvalue weighted by molar-refractivity contribution is 0.606. The van der Waals surface area contributed by atoms with E-state index in [0.29, 0.717) is 5.56 Å². The fourth-order valence-electron chi connectivity index (χ4n) is 1.44. The summed E-state index contributed by atoms with van der Waals surface area (Å²) in [7, 11) is 1.41. The van der Waals surface area contributed by atoms with E-state index < -0.39 is 9.05 Å². The first-order valence-electron chi connectivity index (χ1n) is 4.65. The van der Waals surface area contributed by atoms with Crippen molar-refractivity contribution in [2.45, 2.75) is 5.03 Å². The van der Waals surface area contributed by atoms with Crippen LogP contribution >= 0.6 is 22.3 Å². The molecule has 1 heterocycles. The second-order valence-electron chi connectivity index (χ2n) is 3.29. The molecule has 0 unspecified atom stereocenters. The van der Waals surface area contributed by atoms with Gasteiger partial charge in [-0.2, -0.15) is 0 Å². The second kappa shape index (κ2) is 4.64. The van der Waals surface area contributed by atoms with E-state index in [4.69, 9.17) is 22.3 Å². The fraction of sp³-hybridized carbons (Fsp3) is 0. The van der Waals surface area contributed by atoms with Crippen LogP contribution in [-0.2, 0) is 9.05 Å². The number of rotatable bonds is 2. The zero-order chi connectivity index (χ0) is 12.5. The number of halogens is 2. The number of nitrogens with zero attached hydrogens (tertiary/aromatic N) is 1. The van der Waals surface area contributed by atoms with Crippen molar-refractivity contribution in [3.8, 4) is 11.1 Å². The van der Waals surface area contributed by atoms with Gasteiger partial charge in [0.2, 0.25) is 0 Å². The highest BCUT2D eigenvalue weighted by Crippen LogP contribution is 2.29. The zero-order valence-corrected chi connectivity index (χ0v) is 10.8. The van der Waals surface area contributed by atoms with E-state index in [1.807, 2.05) is 6.07 Å². The first-order chi connectivity index (χ1) is 7.98. The van der Waals surface area contributed by atoms with Crippen molar-refractivity contribution in [3.63, 3.8) is 0 Å². The third kappa shape index (κ3) is 2.77. The molecule has 0 bridgehead atoms. The van der Waals surface area contributed by atoms with Gasteiger partial charge in [-0.1, -0.05) is 41.9 Å². The zero-order valence-electron chi connectivity index (χ0n) is 8.47. The molecule has 0 atom stereocenters. The Morgan fingerprint density at radius 3 is 2.24 bits per heavy atom. The Hall–Kier alpha value is -1.10. The lowest BCUT2D eigenvalue weighted by Gasteiger charge is -2.06. The highest BCUT2D eigenvalue weighted by Gasteiger charge is 2.19. The van der Waals surface area contributed by atoms with Crippen LogP contribution in [-0.4, -0.2) is 13.4 Å². The second-order valence-corrected chi connectivity index (χ2v) is 6.16. The quantitative estimate of drug-likeness (QED) is 0.629. The molecule has 1 aromatic heterocycles. The van der Waals surface area contributed by atoms with Gasteiger partial charge in [-0.25, -0.2) is 13.4 Å². The monoisotopic (exact) mass is 287 g/mol. The molecule has 2 rings (SSSR count). The van der Waals surface area contributed by atoms with E-state index >= 15 is 0 Å². The van der Waals surface area contributed by atoms with Gasteiger partial charge in [-0.15, -0.1) is 0 Å². The van der Waals surface area contributed by atoms with Crippen LogP contribution in [0.5, 0.6) is 0 Å². The average molecular weight is 288 g/mol. The number of hydrogen-bond donors (Lipinski definition) is 0. The minimum atomic E-state index is -3.93. The summed E-state index contributed by atoms with van der Waals surface area (Å²) in [5.41, 5.74) is 1.15. The standard InChI is InChI=1S/C11H7Cl2NO2S/c12-10-7-6-9(8-4-2-1-3-5-8)11(14-10)17(13,15)16/h1-7H. The summed E-state index contributed by atoms with van der Waals surface area (Å²) in [5, 5.41) is -0.137. The highest BCUT2D eigenvalue weighted by molar-refractivity contribution is 8.13. The van der Waals surface area contributed by atoms with Crippen LogP contribution in [0.25, 0.3) is 11.1 Å². The largest absolute Gasteiger partial charge is 0.279 e. The van der Waals surface area contributed by atoms with E-state index in [9.17, 15) is 8.42 Å². The summed E-state index contributed by atoms with van der Waals surface area (Å²) in [5.74, 6) is 0. The van der Waals surface area contributed by atoms with Crippen molar-refractivity contribution in [1.29, 1.82) is 0 Å². The van der Waals surface area contributed by atoms with Gasteiger partial charge in [0.15, 0.2) is 5.03 Å². The van der Waals surface area contributed by atoms with Gasteiger partial charge in [-0.3, -0.25) is 0 Å². The predicted octanol–water partition coefficient (Wildman–Crippen LogP) is 3.33. The van der Waals surface area contributed by atoms with Gasteiger partial charge >= 0.3 is 0 Å². The van der Waals surface area contributed by atoms with Gasteiger partial charge < -0.3 is 0 Å². The summed E-state index contributed by atoms with van der Waals surface area (Å²) in [6.07, 6.45) is 0. The summed E-state index contributed by atoms with van der Waals surface area (Å²) in [4.78, 5) is 3.77. The van der Waals surface area contributed by atoms with E-state index in [1.165, 1.54) is 6.07 Å². The Labute approximate surface area is 108 Å². The average Bonchev–Trinajstić information content (AvgIpc) is 2.29. The normalized spacial score (nSPS) is 11.4. The predicted molar refractivity (Wildman–Crippen MR) is 67.7 cm³/mol. The van der Waals surface area contributed by atoms with Crippen LogP contribution in [0.4, 0.5) is 0 Å². The van der Waals surface area contributed by atoms with Gasteiger partial charge in [0.05, 0.1) is 0 Å². The van der Waals surface area contributed by atoms with Gasteiger partial charge in [0, 0.05) is 16.2 Å². The number of aromatic nitrogens is 1. The van der Waals surface area contributed by atoms with E-state index in [2.05, 4.69) is 4.98 Å². The minimum absolute atomic E-state index is 0.0870. The van der Waals surface area contributed by atoms with Crippen LogP contribution < -0.4 is 0 Å². The molecule has 2 aromatic rings. The number of pyridine rings is 1. The molecule has 1 aromatic carbocycles. The lowest BCUT2D eigenvalue weighted by Crippen LogP contribution is -1.98. The molecule has 0 saturated carbocycles. The van der Waals surface area contributed by atoms with E-state index in [0.717, 1.165) is 5.56 Å². The third-order valence-electron chi connectivity index (χ3n) is 2.14. The van der Waals surface area contributed by atoms with Crippen molar-refractivity contribution in [2.75, 3.05) is 0 Å². The SMILES string of the molecule is O=S(=O)(Cl)c1nc(Cl)ccc1-c1ccccc1. The fourth-order valence-corrected chi connectivity index (χ4v) is 2.65. The molecule has 0 fully saturated rings. The molecular formula is C11H7Cl2NO2S. The number of hydrogen-bond acceptors (Lipinski definition) is 3. The first-order valence-corrected chi connectivity index (χ1v) is 7.34. The molecule has 0 aliphatic carbocycles. The highest BCUT2D eigenvalue weighted by atomic mass is 35.7. The molecule has 3 nitrogen and oxygen atoms in total. The Morgan fingerprint density at radius 2 is 1.65 bits per heavy atom. The van der Waals surface area contributed by atoms with Gasteiger partial charge in [0.1, 0.15) is 5.15 Å². The smallest absolute Gasteiger partial charge is 0.223 e. The van der Waals surface area contributed by atoms with Crippen molar-refractivity contribution >= 4 is 31.3 Å². The van der Waals surface area contributed by atoms with Crippen LogP contribution in [0.2, 0.25) is 5.15 Å². The van der Waals surface area contributed by atoms with Crippen LogP contribution in [0, 0.1) is 0 Å². The van der Waals surface area contributed by atoms with Crippen LogP contribution in [0.3, 0.4) is 0 Å². The Bertz CT molecular complexity index is 642. The summed E-state index contributed by atoms with van der Waals surface area (Å²) >= 11 is 5.68. The Morgan fingerprint density at radius 1 is 1.00 bits per heavy atom. The molecule has 88 valence electrons. The lowest BCUT2D eigenvalue weighted by atomic mass is 10.1. The summed E-state index contributed by atoms with van der Waals surface area (Å²) < 4.78 is 22.8. The van der Waals surface area contributed by atoms with Crippen molar-refractivity contribution < 1.29 is 8.42 Å². The number of benzene rings is 1. The van der Waals surface area contributed by atoms with E-state index in [1.54, 1.807) is 30.3 Å². The van der Waals surface area contributed by atoms with Crippen LogP contribution in [0.15, 0.2) is 47.5 Å². The maximum atomic E-state index is 11.4. The topological polar surface area (TPSA) is 47.0 Å². The summed E-state index contributed by atoms with van der Waals surface area (Å²) in [6.45, 7) is 0. The van der Waals surface area contributed by atoms with E-state index in [-0.39, 0.29) is 10.2 Å².